The molecule has 0 atom stereocenters. The summed E-state index contributed by atoms with van der Waals surface area (Å²) in [5.74, 6) is 1.16. The minimum atomic E-state index is -0.392. The highest BCUT2D eigenvalue weighted by Crippen LogP contribution is 2.32. The SMILES string of the molecule is CC(C)OCCC[n+]1c(N)c(C(=O)NCc2ccc3c(c2)OCO3)cc2c(=O)n3ccccc3nc21. The smallest absolute Gasteiger partial charge is 0.278 e. The van der Waals surface area contributed by atoms with E-state index < -0.39 is 5.91 Å². The second kappa shape index (κ2) is 9.82. The maximum Gasteiger partial charge on any atom is 0.278 e. The molecule has 0 unspecified atom stereocenters. The first-order chi connectivity index (χ1) is 17.4. The van der Waals surface area contributed by atoms with Gasteiger partial charge in [-0.1, -0.05) is 17.1 Å². The van der Waals surface area contributed by atoms with Gasteiger partial charge in [0.15, 0.2) is 11.5 Å². The number of nitrogen functional groups attached to an aromatic ring is 1. The molecule has 0 saturated carbocycles. The predicted molar refractivity (Wildman–Crippen MR) is 133 cm³/mol. The number of carbonyl (C=O) groups excluding carboxylic acids is 1. The fraction of sp³-hybridized carbons (Fsp3) is 0.308. The molecule has 1 aliphatic heterocycles. The van der Waals surface area contributed by atoms with Crippen LogP contribution in [0.1, 0.15) is 36.2 Å². The molecule has 0 radical (unpaired) electrons. The van der Waals surface area contributed by atoms with Crippen molar-refractivity contribution in [2.45, 2.75) is 39.5 Å². The number of fused-ring (bicyclic) bond motifs is 3. The summed E-state index contributed by atoms with van der Waals surface area (Å²) < 4.78 is 19.6. The number of hydrogen-bond donors (Lipinski definition) is 2. The first-order valence-electron chi connectivity index (χ1n) is 11.8. The molecule has 3 aromatic heterocycles. The van der Waals surface area contributed by atoms with E-state index in [9.17, 15) is 9.59 Å². The Hall–Kier alpha value is -4.18. The van der Waals surface area contributed by atoms with E-state index in [1.165, 1.54) is 10.5 Å². The normalized spacial score (nSPS) is 12.5. The van der Waals surface area contributed by atoms with Gasteiger partial charge in [0.25, 0.3) is 17.1 Å². The summed E-state index contributed by atoms with van der Waals surface area (Å²) in [6, 6.07) is 12.3. The first-order valence-corrected chi connectivity index (χ1v) is 11.8. The summed E-state index contributed by atoms with van der Waals surface area (Å²) in [5.41, 5.74) is 8.22. The molecule has 0 aliphatic carbocycles. The van der Waals surface area contributed by atoms with Gasteiger partial charge >= 0.3 is 0 Å². The van der Waals surface area contributed by atoms with Gasteiger partial charge in [0.05, 0.1) is 12.6 Å². The quantitative estimate of drug-likeness (QED) is 0.221. The number of rotatable bonds is 8. The van der Waals surface area contributed by atoms with Crippen LogP contribution in [0.5, 0.6) is 11.5 Å². The number of ether oxygens (including phenoxy) is 3. The van der Waals surface area contributed by atoms with E-state index in [-0.39, 0.29) is 36.4 Å². The van der Waals surface area contributed by atoms with Crippen molar-refractivity contribution in [2.24, 2.45) is 0 Å². The van der Waals surface area contributed by atoms with Crippen molar-refractivity contribution in [1.29, 1.82) is 0 Å². The largest absolute Gasteiger partial charge is 0.454 e. The van der Waals surface area contributed by atoms with Crippen molar-refractivity contribution in [3.05, 3.63) is 70.1 Å². The Morgan fingerprint density at radius 1 is 1.22 bits per heavy atom. The van der Waals surface area contributed by atoms with Gasteiger partial charge in [-0.2, -0.15) is 0 Å². The van der Waals surface area contributed by atoms with E-state index in [1.807, 2.05) is 32.0 Å². The van der Waals surface area contributed by atoms with Gasteiger partial charge in [0.2, 0.25) is 18.3 Å². The molecule has 0 saturated heterocycles. The second-order valence-corrected chi connectivity index (χ2v) is 8.82. The number of nitrogens with zero attached hydrogens (tertiary/aromatic N) is 3. The molecule has 3 N–H and O–H groups in total. The molecule has 0 spiro atoms. The van der Waals surface area contributed by atoms with Crippen molar-refractivity contribution in [3.8, 4) is 11.5 Å². The number of pyridine rings is 2. The highest BCUT2D eigenvalue weighted by molar-refractivity contribution is 6.00. The standard InChI is InChI=1S/C26H27N5O5/c1-16(2)34-11-5-10-31-23(27)18(13-19-24(31)29-22-6-3-4-9-30(22)26(19)33)25(32)28-14-17-7-8-20-21(12-17)36-15-35-20/h3-4,6-9,12-13,16,27H,5,10-11,14-15H2,1-2H3,(H,28,32)/p+1. The third-order valence-corrected chi connectivity index (χ3v) is 5.97. The Kier molecular flexibility index (Phi) is 6.43. The van der Waals surface area contributed by atoms with Crippen molar-refractivity contribution >= 4 is 28.4 Å². The number of nitrogens with two attached hydrogens (primary N) is 1. The molecule has 1 aliphatic rings. The molecule has 10 heteroatoms. The lowest BCUT2D eigenvalue weighted by Crippen LogP contribution is -2.43. The Bertz CT molecular complexity index is 1510. The second-order valence-electron chi connectivity index (χ2n) is 8.82. The van der Waals surface area contributed by atoms with E-state index in [0.717, 1.165) is 5.56 Å². The van der Waals surface area contributed by atoms with Crippen LogP contribution in [0.3, 0.4) is 0 Å². The molecule has 5 rings (SSSR count). The number of aromatic nitrogens is 3. The molecule has 1 aromatic carbocycles. The number of benzene rings is 1. The highest BCUT2D eigenvalue weighted by Gasteiger charge is 2.24. The van der Waals surface area contributed by atoms with Gasteiger partial charge in [-0.05, 0) is 49.7 Å². The van der Waals surface area contributed by atoms with Crippen LogP contribution in [0, 0.1) is 0 Å². The number of amides is 1. The van der Waals surface area contributed by atoms with Gasteiger partial charge < -0.3 is 25.3 Å². The topological polar surface area (TPSA) is 121 Å². The summed E-state index contributed by atoms with van der Waals surface area (Å²) >= 11 is 0. The van der Waals surface area contributed by atoms with Gasteiger partial charge in [0, 0.05) is 25.8 Å². The molecule has 4 heterocycles. The first kappa shape index (κ1) is 23.6. The van der Waals surface area contributed by atoms with Gasteiger partial charge in [-0.15, -0.1) is 0 Å². The number of carbonyl (C=O) groups is 1. The Morgan fingerprint density at radius 3 is 2.89 bits per heavy atom. The minimum Gasteiger partial charge on any atom is -0.454 e. The van der Waals surface area contributed by atoms with Gasteiger partial charge in [0.1, 0.15) is 10.9 Å². The molecule has 36 heavy (non-hydrogen) atoms. The lowest BCUT2D eigenvalue weighted by Gasteiger charge is -2.13. The van der Waals surface area contributed by atoms with Crippen molar-refractivity contribution < 1.29 is 23.6 Å². The summed E-state index contributed by atoms with van der Waals surface area (Å²) in [5, 5.41) is 3.21. The van der Waals surface area contributed by atoms with Crippen molar-refractivity contribution in [2.75, 3.05) is 19.1 Å². The zero-order chi connectivity index (χ0) is 25.2. The third kappa shape index (κ3) is 4.55. The maximum absolute atomic E-state index is 13.3. The molecule has 186 valence electrons. The van der Waals surface area contributed by atoms with Gasteiger partial charge in [-0.25, -0.2) is 4.57 Å². The lowest BCUT2D eigenvalue weighted by atomic mass is 10.1. The number of nitrogens with one attached hydrogen (secondary N) is 1. The predicted octanol–water partition coefficient (Wildman–Crippen LogP) is 2.19. The average Bonchev–Trinajstić information content (AvgIpc) is 3.34. The number of aryl methyl sites for hydroxylation is 1. The fourth-order valence-electron chi connectivity index (χ4n) is 4.18. The van der Waals surface area contributed by atoms with Crippen LogP contribution in [-0.4, -0.2) is 34.8 Å². The summed E-state index contributed by atoms with van der Waals surface area (Å²) in [7, 11) is 0. The fourth-order valence-corrected chi connectivity index (χ4v) is 4.18. The molecule has 4 aromatic rings. The van der Waals surface area contributed by atoms with Crippen LogP contribution >= 0.6 is 0 Å². The molecule has 0 bridgehead atoms. The zero-order valence-corrected chi connectivity index (χ0v) is 20.2. The third-order valence-electron chi connectivity index (χ3n) is 5.97. The maximum atomic E-state index is 13.3. The van der Waals surface area contributed by atoms with Crippen molar-refractivity contribution in [3.63, 3.8) is 0 Å². The summed E-state index contributed by atoms with van der Waals surface area (Å²) in [6.45, 7) is 5.32. The molecular formula is C26H28N5O5+. The monoisotopic (exact) mass is 490 g/mol. The number of anilines is 1. The average molecular weight is 491 g/mol. The van der Waals surface area contributed by atoms with E-state index in [0.29, 0.717) is 47.8 Å². The Balaban J connectivity index is 1.50. The van der Waals surface area contributed by atoms with Crippen molar-refractivity contribution in [1.82, 2.24) is 14.7 Å². The van der Waals surface area contributed by atoms with E-state index >= 15 is 0 Å². The molecule has 1 amide bonds. The Labute approximate surface area is 207 Å². The van der Waals surface area contributed by atoms with Crippen LogP contribution in [0.15, 0.2) is 53.5 Å². The summed E-state index contributed by atoms with van der Waals surface area (Å²) in [4.78, 5) is 31.3. The van der Waals surface area contributed by atoms with E-state index in [1.54, 1.807) is 29.0 Å². The van der Waals surface area contributed by atoms with Crippen LogP contribution < -0.4 is 30.7 Å². The van der Waals surface area contributed by atoms with E-state index in [4.69, 9.17) is 19.9 Å². The van der Waals surface area contributed by atoms with Gasteiger partial charge in [-0.3, -0.25) is 14.0 Å². The summed E-state index contributed by atoms with van der Waals surface area (Å²) in [6.07, 6.45) is 2.39. The van der Waals surface area contributed by atoms with Crippen LogP contribution in [0.25, 0.3) is 16.7 Å². The van der Waals surface area contributed by atoms with E-state index in [2.05, 4.69) is 10.3 Å². The lowest BCUT2D eigenvalue weighted by molar-refractivity contribution is -0.659. The zero-order valence-electron chi connectivity index (χ0n) is 20.2. The minimum absolute atomic E-state index is 0.101. The molecular weight excluding hydrogens is 462 g/mol. The Morgan fingerprint density at radius 2 is 2.06 bits per heavy atom. The molecule has 10 nitrogen and oxygen atoms in total. The number of hydrogen-bond acceptors (Lipinski definition) is 7. The molecule has 0 fully saturated rings. The van der Waals surface area contributed by atoms with Crippen LogP contribution in [-0.2, 0) is 17.8 Å². The van der Waals surface area contributed by atoms with Crippen LogP contribution in [0.4, 0.5) is 5.82 Å². The van der Waals surface area contributed by atoms with Crippen LogP contribution in [0.2, 0.25) is 0 Å². The highest BCUT2D eigenvalue weighted by atomic mass is 16.7.